The van der Waals surface area contributed by atoms with Crippen LogP contribution in [0.3, 0.4) is 0 Å². The zero-order valence-corrected chi connectivity index (χ0v) is 12.2. The molecule has 0 radical (unpaired) electrons. The van der Waals surface area contributed by atoms with E-state index in [1.54, 1.807) is 0 Å². The largest absolute Gasteiger partial charge is 0.312 e. The van der Waals surface area contributed by atoms with Gasteiger partial charge in [0.2, 0.25) is 0 Å². The highest BCUT2D eigenvalue weighted by Crippen LogP contribution is 2.23. The summed E-state index contributed by atoms with van der Waals surface area (Å²) in [6, 6.07) is 6.61. The molecule has 1 aromatic rings. The molecule has 1 nitrogen and oxygen atoms in total. The van der Waals surface area contributed by atoms with E-state index in [0.717, 1.165) is 12.5 Å². The van der Waals surface area contributed by atoms with Crippen molar-refractivity contribution in [3.8, 4) is 0 Å². The molecule has 1 aliphatic carbocycles. The first kappa shape index (κ1) is 13.1. The van der Waals surface area contributed by atoms with Gasteiger partial charge in [0.15, 0.2) is 0 Å². The molecule has 1 aliphatic rings. The molecule has 2 rings (SSSR count). The Kier molecular flexibility index (Phi) is 5.05. The molecule has 2 heteroatoms. The highest BCUT2D eigenvalue weighted by molar-refractivity contribution is 9.10. The van der Waals surface area contributed by atoms with Crippen LogP contribution < -0.4 is 5.32 Å². The van der Waals surface area contributed by atoms with Crippen molar-refractivity contribution < 1.29 is 0 Å². The average Bonchev–Trinajstić information content (AvgIpc) is 2.35. The minimum atomic E-state index is 0.917. The predicted octanol–water partition coefficient (Wildman–Crippen LogP) is 4.43. The van der Waals surface area contributed by atoms with E-state index < -0.39 is 0 Å². The van der Waals surface area contributed by atoms with Crippen molar-refractivity contribution in [3.05, 3.63) is 33.8 Å². The van der Waals surface area contributed by atoms with Gasteiger partial charge in [-0.15, -0.1) is 0 Å². The number of halogens is 1. The molecule has 0 spiro atoms. The smallest absolute Gasteiger partial charge is 0.0205 e. The second-order valence-corrected chi connectivity index (χ2v) is 6.07. The van der Waals surface area contributed by atoms with Gasteiger partial charge in [-0.05, 0) is 49.4 Å². The van der Waals surface area contributed by atoms with E-state index in [1.165, 1.54) is 54.2 Å². The van der Waals surface area contributed by atoms with E-state index in [9.17, 15) is 0 Å². The molecule has 0 aromatic heterocycles. The van der Waals surface area contributed by atoms with Crippen molar-refractivity contribution in [1.82, 2.24) is 5.32 Å². The van der Waals surface area contributed by atoms with Crippen molar-refractivity contribution >= 4 is 15.9 Å². The van der Waals surface area contributed by atoms with E-state index in [0.29, 0.717) is 0 Å². The topological polar surface area (TPSA) is 12.0 Å². The Morgan fingerprint density at radius 3 is 2.71 bits per heavy atom. The minimum Gasteiger partial charge on any atom is -0.312 e. The Labute approximate surface area is 113 Å². The summed E-state index contributed by atoms with van der Waals surface area (Å²) in [5, 5.41) is 3.60. The number of hydrogen-bond donors (Lipinski definition) is 1. The Balaban J connectivity index is 1.75. The lowest BCUT2D eigenvalue weighted by atomic mass is 9.89. The summed E-state index contributed by atoms with van der Waals surface area (Å²) in [7, 11) is 0. The number of aryl methyl sites for hydroxylation is 1. The van der Waals surface area contributed by atoms with Gasteiger partial charge in [0, 0.05) is 11.0 Å². The standard InChI is InChI=1S/C15H22BrN/c1-12-9-14(7-8-15(12)16)11-17-10-13-5-3-2-4-6-13/h7-9,13,17H,2-6,10-11H2,1H3. The summed E-state index contributed by atoms with van der Waals surface area (Å²) in [6.45, 7) is 4.34. The maximum Gasteiger partial charge on any atom is 0.0205 e. The van der Waals surface area contributed by atoms with Gasteiger partial charge < -0.3 is 5.32 Å². The van der Waals surface area contributed by atoms with Crippen molar-refractivity contribution in [2.45, 2.75) is 45.6 Å². The molecule has 1 aromatic carbocycles. The second-order valence-electron chi connectivity index (χ2n) is 5.22. The molecule has 0 unspecified atom stereocenters. The fraction of sp³-hybridized carbons (Fsp3) is 0.600. The maximum atomic E-state index is 3.60. The van der Waals surface area contributed by atoms with Crippen LogP contribution in [0, 0.1) is 12.8 Å². The SMILES string of the molecule is Cc1cc(CNCC2CCCCC2)ccc1Br. The average molecular weight is 296 g/mol. The van der Waals surface area contributed by atoms with E-state index in [-0.39, 0.29) is 0 Å². The van der Waals surface area contributed by atoms with Crippen LogP contribution in [-0.2, 0) is 6.54 Å². The molecule has 17 heavy (non-hydrogen) atoms. The molecule has 0 amide bonds. The van der Waals surface area contributed by atoms with Gasteiger partial charge >= 0.3 is 0 Å². The lowest BCUT2D eigenvalue weighted by molar-refractivity contribution is 0.342. The zero-order chi connectivity index (χ0) is 12.1. The molecule has 0 aliphatic heterocycles. The van der Waals surface area contributed by atoms with Crippen LogP contribution in [0.25, 0.3) is 0 Å². The lowest BCUT2D eigenvalue weighted by Crippen LogP contribution is -2.24. The van der Waals surface area contributed by atoms with Gasteiger partial charge in [0.25, 0.3) is 0 Å². The van der Waals surface area contributed by atoms with Gasteiger partial charge in [-0.1, -0.05) is 47.3 Å². The van der Waals surface area contributed by atoms with Crippen LogP contribution in [0.4, 0.5) is 0 Å². The van der Waals surface area contributed by atoms with Gasteiger partial charge in [0.05, 0.1) is 0 Å². The molecule has 0 heterocycles. The van der Waals surface area contributed by atoms with Crippen molar-refractivity contribution in [2.24, 2.45) is 5.92 Å². The number of rotatable bonds is 4. The fourth-order valence-electron chi connectivity index (χ4n) is 2.63. The summed E-state index contributed by atoms with van der Waals surface area (Å²) >= 11 is 3.54. The highest BCUT2D eigenvalue weighted by atomic mass is 79.9. The summed E-state index contributed by atoms with van der Waals surface area (Å²) in [5.74, 6) is 0.917. The number of nitrogens with one attached hydrogen (secondary N) is 1. The Bertz CT molecular complexity index is 356. The molecule has 0 saturated heterocycles. The first-order chi connectivity index (χ1) is 8.25. The minimum absolute atomic E-state index is 0.917. The molecule has 1 N–H and O–H groups in total. The van der Waals surface area contributed by atoms with Crippen molar-refractivity contribution in [3.63, 3.8) is 0 Å². The van der Waals surface area contributed by atoms with E-state index in [1.807, 2.05) is 0 Å². The molecular formula is C15H22BrN. The van der Waals surface area contributed by atoms with E-state index in [4.69, 9.17) is 0 Å². The monoisotopic (exact) mass is 295 g/mol. The number of hydrogen-bond acceptors (Lipinski definition) is 1. The molecule has 1 fully saturated rings. The second kappa shape index (κ2) is 6.55. The third kappa shape index (κ3) is 4.11. The van der Waals surface area contributed by atoms with Crippen LogP contribution in [0.1, 0.15) is 43.2 Å². The Morgan fingerprint density at radius 2 is 2.00 bits per heavy atom. The van der Waals surface area contributed by atoms with Crippen LogP contribution in [0.5, 0.6) is 0 Å². The quantitative estimate of drug-likeness (QED) is 0.867. The zero-order valence-electron chi connectivity index (χ0n) is 10.6. The van der Waals surface area contributed by atoms with Gasteiger partial charge in [-0.3, -0.25) is 0 Å². The van der Waals surface area contributed by atoms with Crippen LogP contribution in [0.15, 0.2) is 22.7 Å². The molecule has 1 saturated carbocycles. The molecular weight excluding hydrogens is 274 g/mol. The summed E-state index contributed by atoms with van der Waals surface area (Å²) < 4.78 is 1.20. The maximum absolute atomic E-state index is 3.60. The molecule has 0 atom stereocenters. The van der Waals surface area contributed by atoms with Gasteiger partial charge in [0.1, 0.15) is 0 Å². The van der Waals surface area contributed by atoms with Gasteiger partial charge in [-0.25, -0.2) is 0 Å². The van der Waals surface area contributed by atoms with E-state index >= 15 is 0 Å². The fourth-order valence-corrected chi connectivity index (χ4v) is 2.88. The number of benzene rings is 1. The van der Waals surface area contributed by atoms with Gasteiger partial charge in [-0.2, -0.15) is 0 Å². The third-order valence-electron chi connectivity index (χ3n) is 3.71. The summed E-state index contributed by atoms with van der Waals surface area (Å²) in [6.07, 6.45) is 7.16. The van der Waals surface area contributed by atoms with Crippen LogP contribution in [0.2, 0.25) is 0 Å². The Morgan fingerprint density at radius 1 is 1.24 bits per heavy atom. The van der Waals surface area contributed by atoms with Crippen LogP contribution >= 0.6 is 15.9 Å². The first-order valence-electron chi connectivity index (χ1n) is 6.71. The predicted molar refractivity (Wildman–Crippen MR) is 77.2 cm³/mol. The van der Waals surface area contributed by atoms with Crippen LogP contribution in [-0.4, -0.2) is 6.54 Å². The molecule has 0 bridgehead atoms. The highest BCUT2D eigenvalue weighted by Gasteiger charge is 2.12. The van der Waals surface area contributed by atoms with Crippen molar-refractivity contribution in [1.29, 1.82) is 0 Å². The normalized spacial score (nSPS) is 17.3. The molecule has 94 valence electrons. The Hall–Kier alpha value is -0.340. The van der Waals surface area contributed by atoms with E-state index in [2.05, 4.69) is 46.4 Å². The summed E-state index contributed by atoms with van der Waals surface area (Å²) in [4.78, 5) is 0. The first-order valence-corrected chi connectivity index (χ1v) is 7.51. The third-order valence-corrected chi connectivity index (χ3v) is 4.60. The lowest BCUT2D eigenvalue weighted by Gasteiger charge is -2.21. The van der Waals surface area contributed by atoms with Crippen molar-refractivity contribution in [2.75, 3.05) is 6.54 Å². The summed E-state index contributed by atoms with van der Waals surface area (Å²) in [5.41, 5.74) is 2.71.